The maximum absolute atomic E-state index is 13.4. The van der Waals surface area contributed by atoms with E-state index >= 15 is 0 Å². The first-order valence-electron chi connectivity index (χ1n) is 8.45. The van der Waals surface area contributed by atoms with Crippen molar-refractivity contribution in [3.8, 4) is 11.6 Å². The summed E-state index contributed by atoms with van der Waals surface area (Å²) in [7, 11) is 1.42. The summed E-state index contributed by atoms with van der Waals surface area (Å²) in [4.78, 5) is 32.7. The SMILES string of the molecule is COc1cccc2nc(OC(=O)c3ccnc4cc(F)ccc34)cc(C(=O)O)c12. The Balaban J connectivity index is 1.79. The van der Waals surface area contributed by atoms with Gasteiger partial charge in [0.25, 0.3) is 0 Å². The molecule has 0 spiro atoms. The van der Waals surface area contributed by atoms with Crippen LogP contribution < -0.4 is 9.47 Å². The molecule has 0 atom stereocenters. The van der Waals surface area contributed by atoms with E-state index in [9.17, 15) is 19.1 Å². The van der Waals surface area contributed by atoms with Gasteiger partial charge in [-0.15, -0.1) is 0 Å². The normalized spacial score (nSPS) is 10.8. The number of hydrogen-bond acceptors (Lipinski definition) is 6. The van der Waals surface area contributed by atoms with Crippen molar-refractivity contribution in [2.45, 2.75) is 0 Å². The van der Waals surface area contributed by atoms with Gasteiger partial charge in [0, 0.05) is 23.7 Å². The van der Waals surface area contributed by atoms with Crippen molar-refractivity contribution >= 4 is 33.7 Å². The number of ether oxygens (including phenoxy) is 2. The summed E-state index contributed by atoms with van der Waals surface area (Å²) in [6.07, 6.45) is 1.36. The molecule has 2 aromatic carbocycles. The molecule has 0 bridgehead atoms. The Bertz CT molecular complexity index is 1290. The number of rotatable bonds is 4. The Morgan fingerprint density at radius 1 is 1.03 bits per heavy atom. The van der Waals surface area contributed by atoms with E-state index in [1.54, 1.807) is 18.2 Å². The molecule has 0 amide bonds. The summed E-state index contributed by atoms with van der Waals surface area (Å²) in [5.74, 6) is -2.31. The minimum atomic E-state index is -1.22. The highest BCUT2D eigenvalue weighted by Crippen LogP contribution is 2.31. The fraction of sp³-hybridized carbons (Fsp3) is 0.0476. The summed E-state index contributed by atoms with van der Waals surface area (Å²) >= 11 is 0. The fourth-order valence-corrected chi connectivity index (χ4v) is 3.07. The minimum Gasteiger partial charge on any atom is -0.496 e. The number of pyridine rings is 2. The molecule has 144 valence electrons. The number of benzene rings is 2. The number of hydrogen-bond donors (Lipinski definition) is 1. The van der Waals surface area contributed by atoms with Crippen LogP contribution in [-0.4, -0.2) is 34.1 Å². The summed E-state index contributed by atoms with van der Waals surface area (Å²) in [5, 5.41) is 10.3. The first-order valence-corrected chi connectivity index (χ1v) is 8.45. The second kappa shape index (κ2) is 7.16. The molecular weight excluding hydrogens is 379 g/mol. The number of fused-ring (bicyclic) bond motifs is 2. The second-order valence-electron chi connectivity index (χ2n) is 6.08. The van der Waals surface area contributed by atoms with Gasteiger partial charge in [-0.25, -0.2) is 19.0 Å². The number of halogens is 1. The van der Waals surface area contributed by atoms with Crippen molar-refractivity contribution in [1.29, 1.82) is 0 Å². The van der Waals surface area contributed by atoms with Crippen LogP contribution >= 0.6 is 0 Å². The third-order valence-corrected chi connectivity index (χ3v) is 4.34. The van der Waals surface area contributed by atoms with E-state index in [1.165, 1.54) is 37.6 Å². The molecule has 0 aliphatic carbocycles. The molecule has 7 nitrogen and oxygen atoms in total. The Labute approximate surface area is 163 Å². The van der Waals surface area contributed by atoms with Crippen LogP contribution in [0.25, 0.3) is 21.8 Å². The van der Waals surface area contributed by atoms with Crippen LogP contribution in [0.2, 0.25) is 0 Å². The van der Waals surface area contributed by atoms with Gasteiger partial charge in [0.1, 0.15) is 11.6 Å². The molecule has 0 aliphatic rings. The molecule has 2 heterocycles. The zero-order valence-corrected chi connectivity index (χ0v) is 15.0. The van der Waals surface area contributed by atoms with E-state index in [0.717, 1.165) is 6.07 Å². The smallest absolute Gasteiger partial charge is 0.345 e. The minimum absolute atomic E-state index is 0.114. The summed E-state index contributed by atoms with van der Waals surface area (Å²) in [5.41, 5.74) is 0.631. The van der Waals surface area contributed by atoms with Crippen LogP contribution in [-0.2, 0) is 0 Å². The molecule has 0 saturated carbocycles. The summed E-state index contributed by atoms with van der Waals surface area (Å²) in [6, 6.07) is 11.3. The lowest BCUT2D eigenvalue weighted by Gasteiger charge is -2.11. The first kappa shape index (κ1) is 18.3. The van der Waals surface area contributed by atoms with E-state index in [-0.39, 0.29) is 17.0 Å². The van der Waals surface area contributed by atoms with Crippen molar-refractivity contribution in [3.05, 3.63) is 71.7 Å². The van der Waals surface area contributed by atoms with Crippen molar-refractivity contribution in [2.75, 3.05) is 7.11 Å². The summed E-state index contributed by atoms with van der Waals surface area (Å²) in [6.45, 7) is 0. The van der Waals surface area contributed by atoms with E-state index in [2.05, 4.69) is 9.97 Å². The highest BCUT2D eigenvalue weighted by Gasteiger charge is 2.19. The zero-order chi connectivity index (χ0) is 20.5. The van der Waals surface area contributed by atoms with Crippen LogP contribution in [0, 0.1) is 5.82 Å². The van der Waals surface area contributed by atoms with Gasteiger partial charge in [-0.05, 0) is 30.3 Å². The van der Waals surface area contributed by atoms with Crippen LogP contribution in [0.1, 0.15) is 20.7 Å². The Hall–Kier alpha value is -4.07. The number of aromatic nitrogens is 2. The standard InChI is InChI=1S/C21H13FN2O5/c1-28-17-4-2-3-15-19(17)14(20(25)26)10-18(24-15)29-21(27)13-7-8-23-16-9-11(22)5-6-12(13)16/h2-10H,1H3,(H,25,26). The fourth-order valence-electron chi connectivity index (χ4n) is 3.07. The van der Waals surface area contributed by atoms with Gasteiger partial charge in [0.05, 0.1) is 34.7 Å². The molecular formula is C21H13FN2O5. The predicted octanol–water partition coefficient (Wildman–Crippen LogP) is 3.85. The summed E-state index contributed by atoms with van der Waals surface area (Å²) < 4.78 is 24.0. The molecule has 0 unspecified atom stereocenters. The monoisotopic (exact) mass is 392 g/mol. The Kier molecular flexibility index (Phi) is 4.52. The van der Waals surface area contributed by atoms with E-state index < -0.39 is 17.8 Å². The average Bonchev–Trinajstić information content (AvgIpc) is 2.71. The molecule has 2 aromatic heterocycles. The lowest BCUT2D eigenvalue weighted by atomic mass is 10.1. The molecule has 29 heavy (non-hydrogen) atoms. The highest BCUT2D eigenvalue weighted by molar-refractivity contribution is 6.07. The molecule has 0 fully saturated rings. The van der Waals surface area contributed by atoms with Gasteiger partial charge in [0.2, 0.25) is 5.88 Å². The predicted molar refractivity (Wildman–Crippen MR) is 102 cm³/mol. The van der Waals surface area contributed by atoms with Crippen LogP contribution in [0.4, 0.5) is 4.39 Å². The van der Waals surface area contributed by atoms with Gasteiger partial charge in [-0.2, -0.15) is 0 Å². The number of carbonyl (C=O) groups excluding carboxylic acids is 1. The number of carboxylic acids is 1. The first-order chi connectivity index (χ1) is 14.0. The van der Waals surface area contributed by atoms with Crippen LogP contribution in [0.5, 0.6) is 11.6 Å². The topological polar surface area (TPSA) is 98.6 Å². The molecule has 4 rings (SSSR count). The lowest BCUT2D eigenvalue weighted by molar-refractivity contribution is 0.0687. The van der Waals surface area contributed by atoms with Crippen molar-refractivity contribution in [2.24, 2.45) is 0 Å². The van der Waals surface area contributed by atoms with Crippen LogP contribution in [0.15, 0.2) is 54.7 Å². The molecule has 0 aliphatic heterocycles. The van der Waals surface area contributed by atoms with E-state index in [1.807, 2.05) is 0 Å². The largest absolute Gasteiger partial charge is 0.496 e. The molecule has 8 heteroatoms. The maximum atomic E-state index is 13.4. The number of carbonyl (C=O) groups is 2. The van der Waals surface area contributed by atoms with Gasteiger partial charge in [-0.1, -0.05) is 6.07 Å². The molecule has 1 N–H and O–H groups in total. The van der Waals surface area contributed by atoms with Crippen molar-refractivity contribution in [3.63, 3.8) is 0 Å². The van der Waals surface area contributed by atoms with E-state index in [4.69, 9.17) is 9.47 Å². The number of carboxylic acid groups (broad SMARTS) is 1. The maximum Gasteiger partial charge on any atom is 0.345 e. The molecule has 4 aromatic rings. The van der Waals surface area contributed by atoms with Gasteiger partial charge < -0.3 is 14.6 Å². The van der Waals surface area contributed by atoms with Gasteiger partial charge in [-0.3, -0.25) is 4.98 Å². The van der Waals surface area contributed by atoms with Crippen molar-refractivity contribution < 1.29 is 28.6 Å². The lowest BCUT2D eigenvalue weighted by Crippen LogP contribution is -2.11. The Morgan fingerprint density at radius 2 is 1.86 bits per heavy atom. The third kappa shape index (κ3) is 3.31. The number of aromatic carboxylic acids is 1. The second-order valence-corrected chi connectivity index (χ2v) is 6.08. The molecule has 0 saturated heterocycles. The van der Waals surface area contributed by atoms with Crippen LogP contribution in [0.3, 0.4) is 0 Å². The highest BCUT2D eigenvalue weighted by atomic mass is 19.1. The van der Waals surface area contributed by atoms with Crippen molar-refractivity contribution in [1.82, 2.24) is 9.97 Å². The van der Waals surface area contributed by atoms with Gasteiger partial charge >= 0.3 is 11.9 Å². The van der Waals surface area contributed by atoms with E-state index in [0.29, 0.717) is 27.6 Å². The Morgan fingerprint density at radius 3 is 2.62 bits per heavy atom. The van der Waals surface area contributed by atoms with Gasteiger partial charge in [0.15, 0.2) is 0 Å². The average molecular weight is 392 g/mol. The number of esters is 1. The number of methoxy groups -OCH3 is 1. The number of nitrogens with zero attached hydrogens (tertiary/aromatic N) is 2. The quantitative estimate of drug-likeness (QED) is 0.527. The molecule has 0 radical (unpaired) electrons. The zero-order valence-electron chi connectivity index (χ0n) is 15.0. The third-order valence-electron chi connectivity index (χ3n) is 4.34.